The largest absolute Gasteiger partial charge is 0.382 e. The number of nitrogen functional groups attached to an aromatic ring is 2. The van der Waals surface area contributed by atoms with E-state index in [-0.39, 0.29) is 23.2 Å². The smallest absolute Gasteiger partial charge is 0.224 e. The molecule has 2 aromatic rings. The number of nitrogens with two attached hydrogens (primary N) is 2. The van der Waals surface area contributed by atoms with Crippen LogP contribution in [-0.4, -0.2) is 15.9 Å². The number of amides is 1. The van der Waals surface area contributed by atoms with Crippen molar-refractivity contribution in [2.45, 2.75) is 12.8 Å². The Morgan fingerprint density at radius 2 is 1.74 bits per heavy atom. The fourth-order valence-corrected chi connectivity index (χ4v) is 1.65. The third-order valence-corrected chi connectivity index (χ3v) is 2.65. The van der Waals surface area contributed by atoms with Crippen LogP contribution in [0.3, 0.4) is 0 Å². The molecule has 0 spiro atoms. The Kier molecular flexibility index (Phi) is 3.92. The summed E-state index contributed by atoms with van der Waals surface area (Å²) in [5.41, 5.74) is 12.6. The van der Waals surface area contributed by atoms with Crippen molar-refractivity contribution < 1.29 is 4.79 Å². The maximum Gasteiger partial charge on any atom is 0.224 e. The van der Waals surface area contributed by atoms with E-state index in [1.165, 1.54) is 6.33 Å². The third-order valence-electron chi connectivity index (χ3n) is 2.65. The summed E-state index contributed by atoms with van der Waals surface area (Å²) >= 11 is 0. The van der Waals surface area contributed by atoms with Gasteiger partial charge in [-0.1, -0.05) is 30.3 Å². The maximum atomic E-state index is 11.8. The molecule has 6 nitrogen and oxygen atoms in total. The fourth-order valence-electron chi connectivity index (χ4n) is 1.65. The summed E-state index contributed by atoms with van der Waals surface area (Å²) in [5.74, 6) is 0.165. The average Bonchev–Trinajstić information content (AvgIpc) is 2.42. The van der Waals surface area contributed by atoms with Crippen molar-refractivity contribution in [3.63, 3.8) is 0 Å². The van der Waals surface area contributed by atoms with Gasteiger partial charge < -0.3 is 16.8 Å². The number of hydrogen-bond donors (Lipinski definition) is 3. The molecular formula is C13H15N5O. The van der Waals surface area contributed by atoms with Crippen molar-refractivity contribution >= 4 is 23.2 Å². The number of aromatic nitrogens is 2. The first-order valence-corrected chi connectivity index (χ1v) is 5.86. The second-order valence-electron chi connectivity index (χ2n) is 4.05. The first kappa shape index (κ1) is 12.8. The molecule has 1 aromatic carbocycles. The molecule has 0 fully saturated rings. The highest BCUT2D eigenvalue weighted by Gasteiger charge is 2.10. The van der Waals surface area contributed by atoms with Gasteiger partial charge >= 0.3 is 0 Å². The van der Waals surface area contributed by atoms with E-state index in [9.17, 15) is 4.79 Å². The molecule has 6 heteroatoms. The molecule has 1 aromatic heterocycles. The summed E-state index contributed by atoms with van der Waals surface area (Å²) in [7, 11) is 0. The van der Waals surface area contributed by atoms with Crippen LogP contribution in [0.5, 0.6) is 0 Å². The lowest BCUT2D eigenvalue weighted by molar-refractivity contribution is -0.116. The van der Waals surface area contributed by atoms with E-state index in [2.05, 4.69) is 15.3 Å². The average molecular weight is 257 g/mol. The highest BCUT2D eigenvalue weighted by atomic mass is 16.1. The number of anilines is 3. The molecule has 0 saturated carbocycles. The molecule has 0 radical (unpaired) electrons. The minimum atomic E-state index is -0.169. The summed E-state index contributed by atoms with van der Waals surface area (Å²) in [6.07, 6.45) is 2.25. The Labute approximate surface area is 110 Å². The Hall–Kier alpha value is -2.63. The fraction of sp³-hybridized carbons (Fsp3) is 0.154. The van der Waals surface area contributed by atoms with Gasteiger partial charge in [-0.3, -0.25) is 4.79 Å². The minimum Gasteiger partial charge on any atom is -0.382 e. The first-order chi connectivity index (χ1) is 9.16. The summed E-state index contributed by atoms with van der Waals surface area (Å²) in [6, 6.07) is 9.76. The van der Waals surface area contributed by atoms with Crippen LogP contribution in [0.25, 0.3) is 0 Å². The summed E-state index contributed by atoms with van der Waals surface area (Å²) in [4.78, 5) is 19.4. The van der Waals surface area contributed by atoms with E-state index in [1.807, 2.05) is 30.3 Å². The number of carbonyl (C=O) groups excluding carboxylic acids is 1. The van der Waals surface area contributed by atoms with Crippen LogP contribution in [0.4, 0.5) is 17.3 Å². The van der Waals surface area contributed by atoms with E-state index in [4.69, 9.17) is 11.5 Å². The topological polar surface area (TPSA) is 107 Å². The molecular weight excluding hydrogens is 242 g/mol. The van der Waals surface area contributed by atoms with E-state index < -0.39 is 0 Å². The van der Waals surface area contributed by atoms with Gasteiger partial charge in [-0.05, 0) is 12.0 Å². The van der Waals surface area contributed by atoms with Gasteiger partial charge in [0, 0.05) is 6.42 Å². The van der Waals surface area contributed by atoms with E-state index in [0.717, 1.165) is 5.56 Å². The van der Waals surface area contributed by atoms with E-state index in [0.29, 0.717) is 12.8 Å². The van der Waals surface area contributed by atoms with Gasteiger partial charge in [-0.15, -0.1) is 0 Å². The van der Waals surface area contributed by atoms with Crippen molar-refractivity contribution in [1.29, 1.82) is 0 Å². The molecule has 1 heterocycles. The van der Waals surface area contributed by atoms with Crippen molar-refractivity contribution in [2.75, 3.05) is 16.8 Å². The molecule has 0 aliphatic carbocycles. The summed E-state index contributed by atoms with van der Waals surface area (Å²) < 4.78 is 0. The van der Waals surface area contributed by atoms with Crippen molar-refractivity contribution in [1.82, 2.24) is 9.97 Å². The van der Waals surface area contributed by atoms with Crippen LogP contribution in [-0.2, 0) is 11.2 Å². The number of nitrogens with zero attached hydrogens (tertiary/aromatic N) is 2. The number of hydrogen-bond acceptors (Lipinski definition) is 5. The Morgan fingerprint density at radius 1 is 1.11 bits per heavy atom. The summed E-state index contributed by atoms with van der Waals surface area (Å²) in [6.45, 7) is 0. The summed E-state index contributed by atoms with van der Waals surface area (Å²) in [5, 5.41) is 2.63. The number of rotatable bonds is 4. The standard InChI is InChI=1S/C13H15N5O/c14-12-11(13(15)17-8-16-12)18-10(19)7-6-9-4-2-1-3-5-9/h1-5,8H,6-7H2,(H,18,19)(H4,14,15,16,17). The zero-order valence-electron chi connectivity index (χ0n) is 10.3. The minimum absolute atomic E-state index is 0.167. The number of aryl methyl sites for hydroxylation is 1. The van der Waals surface area contributed by atoms with Gasteiger partial charge in [0.25, 0.3) is 0 Å². The normalized spacial score (nSPS) is 10.1. The second-order valence-corrected chi connectivity index (χ2v) is 4.05. The van der Waals surface area contributed by atoms with Crippen LogP contribution in [0.2, 0.25) is 0 Å². The molecule has 1 amide bonds. The zero-order chi connectivity index (χ0) is 13.7. The molecule has 0 bridgehead atoms. The van der Waals surface area contributed by atoms with Crippen molar-refractivity contribution in [3.8, 4) is 0 Å². The molecule has 0 aliphatic rings. The van der Waals surface area contributed by atoms with Gasteiger partial charge in [0.05, 0.1) is 0 Å². The molecule has 2 rings (SSSR count). The quantitative estimate of drug-likeness (QED) is 0.763. The third kappa shape index (κ3) is 3.41. The van der Waals surface area contributed by atoms with Crippen molar-refractivity contribution in [3.05, 3.63) is 42.2 Å². The Morgan fingerprint density at radius 3 is 2.37 bits per heavy atom. The van der Waals surface area contributed by atoms with Crippen molar-refractivity contribution in [2.24, 2.45) is 0 Å². The van der Waals surface area contributed by atoms with Crippen LogP contribution < -0.4 is 16.8 Å². The van der Waals surface area contributed by atoms with E-state index >= 15 is 0 Å². The maximum absolute atomic E-state index is 11.8. The van der Waals surface area contributed by atoms with Gasteiger partial charge in [0.1, 0.15) is 12.0 Å². The lowest BCUT2D eigenvalue weighted by atomic mass is 10.1. The number of carbonyl (C=O) groups is 1. The van der Waals surface area contributed by atoms with Crippen LogP contribution >= 0.6 is 0 Å². The molecule has 0 aliphatic heterocycles. The lowest BCUT2D eigenvalue weighted by Gasteiger charge is -2.08. The highest BCUT2D eigenvalue weighted by Crippen LogP contribution is 2.20. The molecule has 5 N–H and O–H groups in total. The van der Waals surface area contributed by atoms with Crippen LogP contribution in [0.15, 0.2) is 36.7 Å². The molecule has 0 atom stereocenters. The number of nitrogens with one attached hydrogen (secondary N) is 1. The monoisotopic (exact) mass is 257 g/mol. The van der Waals surface area contributed by atoms with Gasteiger partial charge in [0.2, 0.25) is 5.91 Å². The second kappa shape index (κ2) is 5.81. The first-order valence-electron chi connectivity index (χ1n) is 5.86. The van der Waals surface area contributed by atoms with Gasteiger partial charge in [-0.2, -0.15) is 0 Å². The Bertz CT molecular complexity index is 550. The van der Waals surface area contributed by atoms with E-state index in [1.54, 1.807) is 0 Å². The predicted octanol–water partition coefficient (Wildman–Crippen LogP) is 1.21. The lowest BCUT2D eigenvalue weighted by Crippen LogP contribution is -2.16. The number of benzene rings is 1. The molecule has 0 saturated heterocycles. The van der Waals surface area contributed by atoms with Gasteiger partial charge in [0.15, 0.2) is 11.6 Å². The SMILES string of the molecule is Nc1ncnc(N)c1NC(=O)CCc1ccccc1. The van der Waals surface area contributed by atoms with Crippen LogP contribution in [0, 0.1) is 0 Å². The van der Waals surface area contributed by atoms with Gasteiger partial charge in [-0.25, -0.2) is 9.97 Å². The van der Waals surface area contributed by atoms with Crippen LogP contribution in [0.1, 0.15) is 12.0 Å². The molecule has 98 valence electrons. The predicted molar refractivity (Wildman–Crippen MR) is 74.2 cm³/mol. The molecule has 19 heavy (non-hydrogen) atoms. The molecule has 0 unspecified atom stereocenters. The Balaban J connectivity index is 1.95. The zero-order valence-corrected chi connectivity index (χ0v) is 10.3. The highest BCUT2D eigenvalue weighted by molar-refractivity contribution is 5.96.